The highest BCUT2D eigenvalue weighted by molar-refractivity contribution is 5.65. The summed E-state index contributed by atoms with van der Waals surface area (Å²) in [7, 11) is 2.97. The summed E-state index contributed by atoms with van der Waals surface area (Å²) in [6.45, 7) is 4.34. The second kappa shape index (κ2) is 11.3. The molecule has 15 atom stereocenters. The van der Waals surface area contributed by atoms with Crippen LogP contribution in [-0.2, 0) is 28.5 Å². The topological polar surface area (TPSA) is 197 Å². The van der Waals surface area contributed by atoms with Gasteiger partial charge < -0.3 is 59.6 Å². The molecule has 1 saturated carbocycles. The summed E-state index contributed by atoms with van der Waals surface area (Å²) < 4.78 is 28.8. The van der Waals surface area contributed by atoms with Gasteiger partial charge in [-0.1, -0.05) is 13.8 Å². The van der Waals surface area contributed by atoms with E-state index >= 15 is 0 Å². The van der Waals surface area contributed by atoms with Crippen LogP contribution in [0.2, 0.25) is 0 Å². The molecule has 0 spiro atoms. The first-order valence-corrected chi connectivity index (χ1v) is 11.8. The maximum atomic E-state index is 12.0. The molecule has 204 valence electrons. The van der Waals surface area contributed by atoms with Crippen molar-refractivity contribution in [3.8, 4) is 0 Å². The van der Waals surface area contributed by atoms with E-state index in [0.29, 0.717) is 0 Å². The van der Waals surface area contributed by atoms with Crippen LogP contribution < -0.4 is 5.32 Å². The molecule has 7 N–H and O–H groups in total. The first-order chi connectivity index (χ1) is 16.5. The average molecular weight is 510 g/mol. The van der Waals surface area contributed by atoms with Crippen molar-refractivity contribution in [3.63, 3.8) is 0 Å². The van der Waals surface area contributed by atoms with E-state index < -0.39 is 91.7 Å². The van der Waals surface area contributed by atoms with Crippen LogP contribution in [0, 0.1) is 11.8 Å². The lowest BCUT2D eigenvalue weighted by atomic mass is 9.75. The molecular formula is C22H39NO12. The number of hydrogen-bond acceptors (Lipinski definition) is 13. The highest BCUT2D eigenvalue weighted by Crippen LogP contribution is 2.40. The van der Waals surface area contributed by atoms with Gasteiger partial charge in [-0.25, -0.2) is 0 Å². The smallest absolute Gasteiger partial charge is 0.188 e. The number of carbonyl (C=O) groups is 1. The van der Waals surface area contributed by atoms with Gasteiger partial charge in [0.25, 0.3) is 0 Å². The average Bonchev–Trinajstić information content (AvgIpc) is 3.07. The molecule has 1 aliphatic carbocycles. The summed E-state index contributed by atoms with van der Waals surface area (Å²) in [6.07, 6.45) is -13.0. The Morgan fingerprint density at radius 1 is 0.914 bits per heavy atom. The maximum Gasteiger partial charge on any atom is 0.188 e. The predicted molar refractivity (Wildman–Crippen MR) is 117 cm³/mol. The fraction of sp³-hybridized carbons (Fsp3) is 0.955. The first kappa shape index (κ1) is 28.8. The van der Waals surface area contributed by atoms with Crippen LogP contribution in [0.5, 0.6) is 0 Å². The summed E-state index contributed by atoms with van der Waals surface area (Å²) in [5.41, 5.74) is -2.20. The van der Waals surface area contributed by atoms with Gasteiger partial charge in [-0.15, -0.1) is 0 Å². The van der Waals surface area contributed by atoms with Crippen LogP contribution in [-0.4, -0.2) is 137 Å². The second-order valence-corrected chi connectivity index (χ2v) is 9.73. The van der Waals surface area contributed by atoms with Crippen LogP contribution in [0.25, 0.3) is 0 Å². The van der Waals surface area contributed by atoms with Gasteiger partial charge in [-0.05, 0) is 14.0 Å². The third-order valence-corrected chi connectivity index (χ3v) is 7.72. The summed E-state index contributed by atoms with van der Waals surface area (Å²) in [5.74, 6) is -0.799. The van der Waals surface area contributed by atoms with Gasteiger partial charge in [0, 0.05) is 18.9 Å². The van der Waals surface area contributed by atoms with Crippen molar-refractivity contribution < 1.29 is 59.1 Å². The van der Waals surface area contributed by atoms with Crippen molar-refractivity contribution in [3.05, 3.63) is 0 Å². The first-order valence-electron chi connectivity index (χ1n) is 11.8. The zero-order chi connectivity index (χ0) is 26.2. The summed E-state index contributed by atoms with van der Waals surface area (Å²) in [5, 5.41) is 65.3. The molecule has 13 nitrogen and oxygen atoms in total. The van der Waals surface area contributed by atoms with Gasteiger partial charge >= 0.3 is 0 Å². The summed E-state index contributed by atoms with van der Waals surface area (Å²) in [6, 6.07) is -1.00. The fourth-order valence-electron chi connectivity index (χ4n) is 5.39. The Kier molecular flexibility index (Phi) is 9.28. The van der Waals surface area contributed by atoms with Crippen LogP contribution >= 0.6 is 0 Å². The maximum absolute atomic E-state index is 12.0. The van der Waals surface area contributed by atoms with Crippen molar-refractivity contribution in [2.45, 2.75) is 99.9 Å². The second-order valence-electron chi connectivity index (χ2n) is 9.73. The van der Waals surface area contributed by atoms with Crippen molar-refractivity contribution in [2.75, 3.05) is 20.8 Å². The number of aldehydes is 1. The van der Waals surface area contributed by atoms with Gasteiger partial charge in [-0.2, -0.15) is 0 Å². The summed E-state index contributed by atoms with van der Waals surface area (Å²) in [4.78, 5) is 12.0. The Bertz CT molecular complexity index is 716. The number of carbonyl (C=O) groups excluding carboxylic acids is 1. The number of aliphatic hydroxyl groups excluding tert-OH is 5. The zero-order valence-electron chi connectivity index (χ0n) is 20.5. The fourth-order valence-corrected chi connectivity index (χ4v) is 5.39. The van der Waals surface area contributed by atoms with E-state index in [1.165, 1.54) is 21.1 Å². The lowest BCUT2D eigenvalue weighted by Crippen LogP contribution is -2.65. The van der Waals surface area contributed by atoms with Gasteiger partial charge in [0.15, 0.2) is 24.5 Å². The monoisotopic (exact) mass is 509 g/mol. The van der Waals surface area contributed by atoms with Crippen molar-refractivity contribution in [2.24, 2.45) is 11.8 Å². The minimum absolute atomic E-state index is 0.257. The molecule has 3 fully saturated rings. The number of methoxy groups -OCH3 is 1. The molecule has 15 unspecified atom stereocenters. The number of likely N-dealkylation sites (N-methyl/N-ethyl adjacent to an activating group) is 1. The van der Waals surface area contributed by atoms with Gasteiger partial charge in [0.1, 0.15) is 30.5 Å². The molecule has 0 aromatic rings. The Morgan fingerprint density at radius 2 is 1.57 bits per heavy atom. The van der Waals surface area contributed by atoms with E-state index in [4.69, 9.17) is 23.7 Å². The van der Waals surface area contributed by atoms with Crippen molar-refractivity contribution in [1.82, 2.24) is 5.32 Å². The summed E-state index contributed by atoms with van der Waals surface area (Å²) >= 11 is 0. The van der Waals surface area contributed by atoms with Crippen molar-refractivity contribution in [1.29, 1.82) is 0 Å². The van der Waals surface area contributed by atoms with Crippen LogP contribution in [0.1, 0.15) is 20.8 Å². The van der Waals surface area contributed by atoms with E-state index in [0.717, 1.165) is 0 Å². The van der Waals surface area contributed by atoms with Crippen molar-refractivity contribution >= 4 is 6.29 Å². The SMILES string of the molecule is CNC1C(OC2C(OC3C(C)C(OC)C(C)C(O)C3O)OC(C)C2(O)C=O)OC(CO)C(O)C1O. The molecule has 13 heteroatoms. The Labute approximate surface area is 203 Å². The van der Waals surface area contributed by atoms with Gasteiger partial charge in [0.2, 0.25) is 0 Å². The molecule has 0 bridgehead atoms. The molecule has 0 radical (unpaired) electrons. The molecule has 3 aliphatic rings. The number of nitrogens with one attached hydrogen (secondary N) is 1. The third kappa shape index (κ3) is 5.02. The number of rotatable bonds is 8. The largest absolute Gasteiger partial charge is 0.394 e. The van der Waals surface area contributed by atoms with E-state index in [1.807, 2.05) is 0 Å². The van der Waals surface area contributed by atoms with Gasteiger partial charge in [-0.3, -0.25) is 4.79 Å². The van der Waals surface area contributed by atoms with E-state index in [1.54, 1.807) is 13.8 Å². The Morgan fingerprint density at radius 3 is 2.11 bits per heavy atom. The Balaban J connectivity index is 1.88. The highest BCUT2D eigenvalue weighted by Gasteiger charge is 2.60. The molecule has 0 aromatic heterocycles. The quantitative estimate of drug-likeness (QED) is 0.159. The zero-order valence-corrected chi connectivity index (χ0v) is 20.5. The number of aliphatic hydroxyl groups is 6. The normalized spacial score (nSPS) is 53.0. The van der Waals surface area contributed by atoms with E-state index in [9.17, 15) is 35.4 Å². The molecule has 2 saturated heterocycles. The predicted octanol–water partition coefficient (Wildman–Crippen LogP) is -3.52. The van der Waals surface area contributed by atoms with Crippen LogP contribution in [0.3, 0.4) is 0 Å². The Hall–Kier alpha value is -0.810. The minimum atomic E-state index is -2.20. The lowest BCUT2D eigenvalue weighted by molar-refractivity contribution is -0.317. The standard InChI is InChI=1S/C22H39NO12/c1-8-13(26)16(29)18(9(2)17(8)31-5)34-21-19(22(30,7-25)10(3)32-21)35-20-12(23-4)15(28)14(27)11(6-24)33-20/h7-21,23-24,26-30H,6H2,1-5H3. The van der Waals surface area contributed by atoms with Gasteiger partial charge in [0.05, 0.1) is 37.1 Å². The van der Waals surface area contributed by atoms with Crippen LogP contribution in [0.15, 0.2) is 0 Å². The number of ether oxygens (including phenoxy) is 5. The molecule has 2 heterocycles. The highest BCUT2D eigenvalue weighted by atomic mass is 16.8. The molecule has 2 aliphatic heterocycles. The molecule has 0 amide bonds. The van der Waals surface area contributed by atoms with E-state index in [-0.39, 0.29) is 12.2 Å². The van der Waals surface area contributed by atoms with E-state index in [2.05, 4.69) is 5.32 Å². The lowest BCUT2D eigenvalue weighted by Gasteiger charge is -2.46. The third-order valence-electron chi connectivity index (χ3n) is 7.72. The molecular weight excluding hydrogens is 470 g/mol. The molecule has 0 aromatic carbocycles. The molecule has 35 heavy (non-hydrogen) atoms. The number of hydrogen-bond donors (Lipinski definition) is 7. The minimum Gasteiger partial charge on any atom is -0.394 e. The van der Waals surface area contributed by atoms with Crippen LogP contribution in [0.4, 0.5) is 0 Å². The molecule has 3 rings (SSSR count).